The average Bonchev–Trinajstić information content (AvgIpc) is 2.47. The lowest BCUT2D eigenvalue weighted by Crippen LogP contribution is -2.27. The Bertz CT molecular complexity index is 373. The zero-order valence-electron chi connectivity index (χ0n) is 8.87. The molecule has 0 unspecified atom stereocenters. The second-order valence-corrected chi connectivity index (χ2v) is 4.77. The van der Waals surface area contributed by atoms with Crippen LogP contribution in [-0.2, 0) is 11.8 Å². The van der Waals surface area contributed by atoms with E-state index in [0.29, 0.717) is 6.42 Å². The number of nitrogens with zero attached hydrogens (tertiary/aromatic N) is 3. The maximum Gasteiger partial charge on any atom is 0.233 e. The molecule has 4 heteroatoms. The fraction of sp³-hybridized carbons (Fsp3) is 0.700. The van der Waals surface area contributed by atoms with Gasteiger partial charge in [-0.1, -0.05) is 20.8 Å². The monoisotopic (exact) mass is 193 g/mol. The molecule has 0 bridgehead atoms. The summed E-state index contributed by atoms with van der Waals surface area (Å²) in [7, 11) is 0. The highest BCUT2D eigenvalue weighted by Gasteiger charge is 2.28. The largest absolute Gasteiger partial charge is 0.274 e. The van der Waals surface area contributed by atoms with Crippen LogP contribution in [0.5, 0.6) is 0 Å². The van der Waals surface area contributed by atoms with Crippen molar-refractivity contribution in [2.75, 3.05) is 0 Å². The van der Waals surface area contributed by atoms with E-state index in [0.717, 1.165) is 24.5 Å². The maximum absolute atomic E-state index is 11.7. The van der Waals surface area contributed by atoms with Gasteiger partial charge in [0.15, 0.2) is 0 Å². The molecule has 0 amide bonds. The number of hydrogen-bond donors (Lipinski definition) is 0. The van der Waals surface area contributed by atoms with Gasteiger partial charge in [0.1, 0.15) is 11.6 Å². The predicted octanol–water partition coefficient (Wildman–Crippen LogP) is 1.55. The first-order chi connectivity index (χ1) is 6.50. The van der Waals surface area contributed by atoms with Gasteiger partial charge in [0.05, 0.1) is 0 Å². The number of aryl methyl sites for hydroxylation is 1. The fourth-order valence-electron chi connectivity index (χ4n) is 1.74. The molecule has 0 spiro atoms. The topological polar surface area (TPSA) is 47.8 Å². The fourth-order valence-corrected chi connectivity index (χ4v) is 1.74. The first kappa shape index (κ1) is 9.37. The van der Waals surface area contributed by atoms with Crippen LogP contribution in [0.4, 0.5) is 0 Å². The number of aromatic nitrogens is 3. The van der Waals surface area contributed by atoms with E-state index >= 15 is 0 Å². The highest BCUT2D eigenvalue weighted by atomic mass is 16.2. The van der Waals surface area contributed by atoms with Crippen molar-refractivity contribution in [3.05, 3.63) is 11.6 Å². The van der Waals surface area contributed by atoms with E-state index in [2.05, 4.69) is 10.2 Å². The van der Waals surface area contributed by atoms with Crippen molar-refractivity contribution < 1.29 is 4.79 Å². The van der Waals surface area contributed by atoms with Gasteiger partial charge in [0.2, 0.25) is 5.91 Å². The van der Waals surface area contributed by atoms with Crippen LogP contribution in [0.1, 0.15) is 50.1 Å². The number of rotatable bonds is 0. The van der Waals surface area contributed by atoms with Gasteiger partial charge in [-0.05, 0) is 6.42 Å². The predicted molar refractivity (Wildman–Crippen MR) is 52.3 cm³/mol. The molecule has 0 radical (unpaired) electrons. The summed E-state index contributed by atoms with van der Waals surface area (Å²) in [6.07, 6.45) is 2.39. The molecular weight excluding hydrogens is 178 g/mol. The van der Waals surface area contributed by atoms with Crippen LogP contribution < -0.4 is 0 Å². The van der Waals surface area contributed by atoms with Crippen molar-refractivity contribution in [3.8, 4) is 0 Å². The quantitative estimate of drug-likeness (QED) is 0.628. The van der Waals surface area contributed by atoms with Crippen molar-refractivity contribution >= 4 is 5.91 Å². The lowest BCUT2D eigenvalue weighted by molar-refractivity contribution is 0.0874. The van der Waals surface area contributed by atoms with E-state index < -0.39 is 0 Å². The molecule has 14 heavy (non-hydrogen) atoms. The Morgan fingerprint density at radius 3 is 2.57 bits per heavy atom. The minimum atomic E-state index is -0.113. The van der Waals surface area contributed by atoms with Crippen molar-refractivity contribution in [1.29, 1.82) is 0 Å². The molecule has 1 aliphatic heterocycles. The Balaban J connectivity index is 2.54. The molecular formula is C10H15N3O. The Morgan fingerprint density at radius 2 is 1.93 bits per heavy atom. The van der Waals surface area contributed by atoms with E-state index in [1.54, 1.807) is 4.57 Å². The van der Waals surface area contributed by atoms with Crippen LogP contribution in [-0.4, -0.2) is 20.7 Å². The SMILES string of the molecule is CC(C)(C)c1nnc2n1C(=O)CCC2. The van der Waals surface area contributed by atoms with Crippen LogP contribution >= 0.6 is 0 Å². The van der Waals surface area contributed by atoms with Gasteiger partial charge in [-0.25, -0.2) is 0 Å². The lowest BCUT2D eigenvalue weighted by Gasteiger charge is -2.20. The highest BCUT2D eigenvalue weighted by molar-refractivity contribution is 5.81. The van der Waals surface area contributed by atoms with Gasteiger partial charge in [-0.2, -0.15) is 0 Å². The Kier molecular flexibility index (Phi) is 1.94. The molecule has 2 rings (SSSR count). The van der Waals surface area contributed by atoms with E-state index in [1.165, 1.54) is 0 Å². The third-order valence-electron chi connectivity index (χ3n) is 2.44. The third kappa shape index (κ3) is 1.35. The Labute approximate surface area is 83.3 Å². The molecule has 1 aromatic rings. The number of hydrogen-bond acceptors (Lipinski definition) is 3. The summed E-state index contributed by atoms with van der Waals surface area (Å²) in [5.74, 6) is 1.75. The second kappa shape index (κ2) is 2.90. The van der Waals surface area contributed by atoms with Gasteiger partial charge < -0.3 is 0 Å². The van der Waals surface area contributed by atoms with E-state index in [1.807, 2.05) is 20.8 Å². The molecule has 4 nitrogen and oxygen atoms in total. The number of carbonyl (C=O) groups is 1. The third-order valence-corrected chi connectivity index (χ3v) is 2.44. The van der Waals surface area contributed by atoms with Crippen molar-refractivity contribution in [3.63, 3.8) is 0 Å². The molecule has 0 N–H and O–H groups in total. The summed E-state index contributed by atoms with van der Waals surface area (Å²) in [6, 6.07) is 0. The first-order valence-electron chi connectivity index (χ1n) is 4.98. The summed E-state index contributed by atoms with van der Waals surface area (Å²) in [4.78, 5) is 11.7. The molecule has 1 aromatic heterocycles. The van der Waals surface area contributed by atoms with Gasteiger partial charge in [0, 0.05) is 18.3 Å². The second-order valence-electron chi connectivity index (χ2n) is 4.77. The van der Waals surface area contributed by atoms with Gasteiger partial charge in [-0.15, -0.1) is 10.2 Å². The van der Waals surface area contributed by atoms with E-state index in [9.17, 15) is 4.79 Å². The summed E-state index contributed by atoms with van der Waals surface area (Å²) in [5.41, 5.74) is -0.113. The minimum Gasteiger partial charge on any atom is -0.274 e. The van der Waals surface area contributed by atoms with Crippen LogP contribution in [0.25, 0.3) is 0 Å². The molecule has 0 fully saturated rings. The maximum atomic E-state index is 11.7. The zero-order valence-corrected chi connectivity index (χ0v) is 8.87. The molecule has 0 aliphatic carbocycles. The van der Waals surface area contributed by atoms with Crippen LogP contribution in [0.2, 0.25) is 0 Å². The molecule has 0 saturated heterocycles. The van der Waals surface area contributed by atoms with Gasteiger partial charge >= 0.3 is 0 Å². The summed E-state index contributed by atoms with van der Waals surface area (Å²) in [5, 5.41) is 8.18. The molecule has 1 aliphatic rings. The van der Waals surface area contributed by atoms with Gasteiger partial charge in [-0.3, -0.25) is 9.36 Å². The number of fused-ring (bicyclic) bond motifs is 1. The molecule has 0 atom stereocenters. The van der Waals surface area contributed by atoms with Crippen molar-refractivity contribution in [1.82, 2.24) is 14.8 Å². The summed E-state index contributed by atoms with van der Waals surface area (Å²) >= 11 is 0. The van der Waals surface area contributed by atoms with Crippen molar-refractivity contribution in [2.24, 2.45) is 0 Å². The molecule has 2 heterocycles. The van der Waals surface area contributed by atoms with Crippen molar-refractivity contribution in [2.45, 2.75) is 45.4 Å². The highest BCUT2D eigenvalue weighted by Crippen LogP contribution is 2.24. The Hall–Kier alpha value is -1.19. The molecule has 76 valence electrons. The minimum absolute atomic E-state index is 0.113. The smallest absolute Gasteiger partial charge is 0.233 e. The normalized spacial score (nSPS) is 16.9. The van der Waals surface area contributed by atoms with E-state index in [-0.39, 0.29) is 11.3 Å². The zero-order chi connectivity index (χ0) is 10.3. The molecule has 0 saturated carbocycles. The average molecular weight is 193 g/mol. The van der Waals surface area contributed by atoms with Gasteiger partial charge in [0.25, 0.3) is 0 Å². The summed E-state index contributed by atoms with van der Waals surface area (Å²) < 4.78 is 1.70. The Morgan fingerprint density at radius 1 is 1.21 bits per heavy atom. The first-order valence-corrected chi connectivity index (χ1v) is 4.98. The summed E-state index contributed by atoms with van der Waals surface area (Å²) in [6.45, 7) is 6.14. The number of carbonyl (C=O) groups excluding carboxylic acids is 1. The standard InChI is InChI=1S/C10H15N3O/c1-10(2,3)9-12-11-7-5-4-6-8(14)13(7)9/h4-6H2,1-3H3. The van der Waals surface area contributed by atoms with Crippen LogP contribution in [0.3, 0.4) is 0 Å². The van der Waals surface area contributed by atoms with Crippen LogP contribution in [0, 0.1) is 0 Å². The van der Waals surface area contributed by atoms with E-state index in [4.69, 9.17) is 0 Å². The van der Waals surface area contributed by atoms with Crippen LogP contribution in [0.15, 0.2) is 0 Å². The molecule has 0 aromatic carbocycles. The lowest BCUT2D eigenvalue weighted by atomic mass is 9.95.